The van der Waals surface area contributed by atoms with Crippen LogP contribution in [-0.4, -0.2) is 30.6 Å². The number of halogens is 3. The fraction of sp³-hybridized carbons (Fsp3) is 0.333. The number of pyridine rings is 1. The van der Waals surface area contributed by atoms with Crippen molar-refractivity contribution in [2.45, 2.75) is 36.2 Å². The molecule has 1 N–H and O–H groups in total. The lowest BCUT2D eigenvalue weighted by Crippen LogP contribution is -2.48. The monoisotopic (exact) mass is 400 g/mol. The smallest absolute Gasteiger partial charge is 0.354 e. The highest BCUT2D eigenvalue weighted by Crippen LogP contribution is 2.30. The van der Waals surface area contributed by atoms with E-state index in [-0.39, 0.29) is 6.54 Å². The van der Waals surface area contributed by atoms with Crippen LogP contribution in [0.3, 0.4) is 0 Å². The molecular weight excluding hydrogens is 381 g/mol. The van der Waals surface area contributed by atoms with Crippen molar-refractivity contribution in [3.8, 4) is 0 Å². The number of sulfone groups is 1. The average Bonchev–Trinajstić information content (AvgIpc) is 2.61. The van der Waals surface area contributed by atoms with E-state index in [0.717, 1.165) is 11.6 Å². The summed E-state index contributed by atoms with van der Waals surface area (Å²) in [5.41, 5.74) is -0.0885. The third-order valence-electron chi connectivity index (χ3n) is 4.10. The van der Waals surface area contributed by atoms with Gasteiger partial charge in [0.05, 0.1) is 5.56 Å². The first-order valence-corrected chi connectivity index (χ1v) is 9.54. The molecule has 2 rings (SSSR count). The zero-order chi connectivity index (χ0) is 20.3. The average molecular weight is 400 g/mol. The number of aromatic nitrogens is 1. The van der Waals surface area contributed by atoms with Gasteiger partial charge in [0.1, 0.15) is 0 Å². The minimum Gasteiger partial charge on any atom is -0.354 e. The molecule has 1 amide bonds. The summed E-state index contributed by atoms with van der Waals surface area (Å²) in [6, 6.07) is 10.7. The standard InChI is InChI=1S/C18H19F3N2O3S/c1-17(2,16(24)22-11-10-13-6-4-3-5-7-13)27(25,26)15-9-8-14(12-23-15)18(19,20)21/h3-9,12H,10-11H2,1-2H3,(H,22,24). The second kappa shape index (κ2) is 7.67. The van der Waals surface area contributed by atoms with Crippen LogP contribution in [-0.2, 0) is 27.2 Å². The molecule has 146 valence electrons. The fourth-order valence-corrected chi connectivity index (χ4v) is 3.55. The highest BCUT2D eigenvalue weighted by molar-refractivity contribution is 7.93. The normalized spacial score (nSPS) is 12.6. The minimum absolute atomic E-state index is 0.224. The lowest BCUT2D eigenvalue weighted by Gasteiger charge is -2.23. The number of carbonyl (C=O) groups excluding carboxylic acids is 1. The lowest BCUT2D eigenvalue weighted by atomic mass is 10.1. The molecule has 0 saturated heterocycles. The Morgan fingerprint density at radius 3 is 2.22 bits per heavy atom. The van der Waals surface area contributed by atoms with Gasteiger partial charge in [0.15, 0.2) is 9.77 Å². The number of nitrogens with zero attached hydrogens (tertiary/aromatic N) is 1. The summed E-state index contributed by atoms with van der Waals surface area (Å²) in [4.78, 5) is 15.8. The molecule has 27 heavy (non-hydrogen) atoms. The van der Waals surface area contributed by atoms with Gasteiger partial charge in [-0.05, 0) is 38.0 Å². The van der Waals surface area contributed by atoms with Crippen molar-refractivity contribution in [2.75, 3.05) is 6.54 Å². The van der Waals surface area contributed by atoms with E-state index in [0.29, 0.717) is 18.7 Å². The van der Waals surface area contributed by atoms with E-state index in [4.69, 9.17) is 0 Å². The van der Waals surface area contributed by atoms with Crippen molar-refractivity contribution in [3.63, 3.8) is 0 Å². The van der Waals surface area contributed by atoms with Crippen LogP contribution in [0.4, 0.5) is 13.2 Å². The topological polar surface area (TPSA) is 76.1 Å². The second-order valence-corrected chi connectivity index (χ2v) is 8.83. The van der Waals surface area contributed by atoms with Gasteiger partial charge in [0.25, 0.3) is 0 Å². The minimum atomic E-state index is -4.63. The van der Waals surface area contributed by atoms with Crippen molar-refractivity contribution >= 4 is 15.7 Å². The van der Waals surface area contributed by atoms with E-state index < -0.39 is 37.3 Å². The van der Waals surface area contributed by atoms with Crippen LogP contribution in [0, 0.1) is 0 Å². The van der Waals surface area contributed by atoms with Crippen molar-refractivity contribution in [1.82, 2.24) is 10.3 Å². The Kier molecular flexibility index (Phi) is 5.94. The number of benzene rings is 1. The van der Waals surface area contributed by atoms with E-state index in [1.54, 1.807) is 0 Å². The maximum Gasteiger partial charge on any atom is 0.417 e. The zero-order valence-corrected chi connectivity index (χ0v) is 15.6. The number of hydrogen-bond acceptors (Lipinski definition) is 4. The first kappa shape index (κ1) is 20.9. The predicted octanol–water partition coefficient (Wildman–Crippen LogP) is 3.01. The van der Waals surface area contributed by atoms with E-state index in [2.05, 4.69) is 10.3 Å². The van der Waals surface area contributed by atoms with Crippen LogP contribution in [0.2, 0.25) is 0 Å². The van der Waals surface area contributed by atoms with Gasteiger partial charge in [-0.25, -0.2) is 13.4 Å². The van der Waals surface area contributed by atoms with Gasteiger partial charge in [-0.3, -0.25) is 4.79 Å². The first-order chi connectivity index (χ1) is 12.5. The Balaban J connectivity index is 2.11. The molecule has 2 aromatic rings. The van der Waals surface area contributed by atoms with Gasteiger partial charge < -0.3 is 5.32 Å². The number of hydrogen-bond donors (Lipinski definition) is 1. The Hall–Kier alpha value is -2.42. The number of alkyl halides is 3. The molecule has 9 heteroatoms. The molecule has 5 nitrogen and oxygen atoms in total. The fourth-order valence-electron chi connectivity index (χ4n) is 2.27. The van der Waals surface area contributed by atoms with Crippen LogP contribution >= 0.6 is 0 Å². The molecular formula is C18H19F3N2O3S. The van der Waals surface area contributed by atoms with E-state index >= 15 is 0 Å². The van der Waals surface area contributed by atoms with Crippen LogP contribution < -0.4 is 5.32 Å². The molecule has 0 aliphatic rings. The van der Waals surface area contributed by atoms with Gasteiger partial charge in [-0.2, -0.15) is 13.2 Å². The summed E-state index contributed by atoms with van der Waals surface area (Å²) in [6.45, 7) is 2.61. The third-order valence-corrected chi connectivity index (χ3v) is 6.42. The maximum atomic E-state index is 12.7. The second-order valence-electron chi connectivity index (χ2n) is 6.39. The molecule has 0 fully saturated rings. The van der Waals surface area contributed by atoms with Crippen LogP contribution in [0.1, 0.15) is 25.0 Å². The largest absolute Gasteiger partial charge is 0.417 e. The molecule has 1 heterocycles. The summed E-state index contributed by atoms with van der Waals surface area (Å²) in [7, 11) is -4.29. The summed E-state index contributed by atoms with van der Waals surface area (Å²) >= 11 is 0. The SMILES string of the molecule is CC(C)(C(=O)NCCc1ccccc1)S(=O)(=O)c1ccc(C(F)(F)F)cn1. The molecule has 0 aliphatic carbocycles. The molecule has 0 aliphatic heterocycles. The highest BCUT2D eigenvalue weighted by atomic mass is 32.2. The van der Waals surface area contributed by atoms with E-state index in [9.17, 15) is 26.4 Å². The van der Waals surface area contributed by atoms with Crippen LogP contribution in [0.15, 0.2) is 53.7 Å². The molecule has 0 spiro atoms. The van der Waals surface area contributed by atoms with Gasteiger partial charge in [0.2, 0.25) is 15.7 Å². The van der Waals surface area contributed by atoms with Crippen LogP contribution in [0.5, 0.6) is 0 Å². The number of nitrogens with one attached hydrogen (secondary N) is 1. The highest BCUT2D eigenvalue weighted by Gasteiger charge is 2.44. The Morgan fingerprint density at radius 1 is 1.07 bits per heavy atom. The lowest BCUT2D eigenvalue weighted by molar-refractivity contribution is -0.137. The van der Waals surface area contributed by atoms with E-state index in [1.165, 1.54) is 13.8 Å². The summed E-state index contributed by atoms with van der Waals surface area (Å²) in [5.74, 6) is -0.750. The molecule has 0 saturated carbocycles. The molecule has 0 atom stereocenters. The Labute approximate surface area is 155 Å². The molecule has 0 unspecified atom stereocenters. The van der Waals surface area contributed by atoms with E-state index in [1.807, 2.05) is 30.3 Å². The van der Waals surface area contributed by atoms with Crippen molar-refractivity contribution in [3.05, 3.63) is 59.8 Å². The third kappa shape index (κ3) is 4.65. The quantitative estimate of drug-likeness (QED) is 0.809. The summed E-state index contributed by atoms with van der Waals surface area (Å²) in [5, 5.41) is 1.97. The van der Waals surface area contributed by atoms with Gasteiger partial charge in [0, 0.05) is 12.7 Å². The molecule has 0 bridgehead atoms. The molecule has 1 aromatic carbocycles. The number of amides is 1. The number of rotatable bonds is 6. The maximum absolute atomic E-state index is 12.7. The molecule has 1 aromatic heterocycles. The van der Waals surface area contributed by atoms with Crippen molar-refractivity contribution < 1.29 is 26.4 Å². The predicted molar refractivity (Wildman–Crippen MR) is 93.7 cm³/mol. The number of carbonyl (C=O) groups is 1. The van der Waals surface area contributed by atoms with Gasteiger partial charge in [-0.15, -0.1) is 0 Å². The Bertz CT molecular complexity index is 894. The van der Waals surface area contributed by atoms with Crippen molar-refractivity contribution in [1.29, 1.82) is 0 Å². The van der Waals surface area contributed by atoms with Gasteiger partial charge >= 0.3 is 6.18 Å². The van der Waals surface area contributed by atoms with Gasteiger partial charge in [-0.1, -0.05) is 30.3 Å². The van der Waals surface area contributed by atoms with Crippen molar-refractivity contribution in [2.24, 2.45) is 0 Å². The zero-order valence-electron chi connectivity index (χ0n) is 14.7. The summed E-state index contributed by atoms with van der Waals surface area (Å²) < 4.78 is 61.3. The first-order valence-electron chi connectivity index (χ1n) is 8.06. The Morgan fingerprint density at radius 2 is 1.70 bits per heavy atom. The molecule has 0 radical (unpaired) electrons. The summed E-state index contributed by atoms with van der Waals surface area (Å²) in [6.07, 6.45) is -3.67. The van der Waals surface area contributed by atoms with Crippen LogP contribution in [0.25, 0.3) is 0 Å².